The van der Waals surface area contributed by atoms with Crippen LogP contribution in [-0.2, 0) is 9.53 Å². The maximum absolute atomic E-state index is 13.1. The topological polar surface area (TPSA) is 70.1 Å². The number of carbonyl (C=O) groups excluding carboxylic acids is 1. The summed E-state index contributed by atoms with van der Waals surface area (Å²) < 4.78 is 5.90. The second kappa shape index (κ2) is 5.94. The van der Waals surface area contributed by atoms with Gasteiger partial charge in [0.2, 0.25) is 0 Å². The first-order chi connectivity index (χ1) is 10.9. The van der Waals surface area contributed by atoms with Crippen LogP contribution in [0.25, 0.3) is 0 Å². The van der Waals surface area contributed by atoms with E-state index >= 15 is 0 Å². The average Bonchev–Trinajstić information content (AvgIpc) is 2.90. The van der Waals surface area contributed by atoms with Crippen LogP contribution in [0.1, 0.15) is 28.8 Å². The quantitative estimate of drug-likeness (QED) is 0.891. The molecule has 3 rings (SSSR count). The molecule has 1 amide bonds. The van der Waals surface area contributed by atoms with Gasteiger partial charge in [0.25, 0.3) is 5.91 Å². The van der Waals surface area contributed by atoms with Crippen molar-refractivity contribution in [2.75, 3.05) is 26.7 Å². The first-order valence-electron chi connectivity index (χ1n) is 7.89. The lowest BCUT2D eigenvalue weighted by molar-refractivity contribution is -0.143. The van der Waals surface area contributed by atoms with E-state index in [4.69, 9.17) is 4.74 Å². The summed E-state index contributed by atoms with van der Waals surface area (Å²) in [6.07, 6.45) is 1.26. The van der Waals surface area contributed by atoms with Gasteiger partial charge in [0.15, 0.2) is 6.04 Å². The van der Waals surface area contributed by atoms with Gasteiger partial charge in [-0.05, 0) is 25.6 Å². The molecule has 1 aromatic carbocycles. The molecule has 1 aromatic rings. The Bertz CT molecular complexity index is 623. The van der Waals surface area contributed by atoms with Gasteiger partial charge in [-0.2, -0.15) is 0 Å². The Balaban J connectivity index is 1.98. The Hall–Kier alpha value is -1.92. The number of carbonyl (C=O) groups is 2. The molecule has 6 heteroatoms. The number of likely N-dealkylation sites (tertiary alicyclic amines) is 1. The van der Waals surface area contributed by atoms with Crippen LogP contribution in [0.3, 0.4) is 0 Å². The van der Waals surface area contributed by atoms with E-state index in [1.165, 1.54) is 4.90 Å². The number of amides is 1. The molecule has 0 unspecified atom stereocenters. The fraction of sp³-hybridized carbons (Fsp3) is 0.529. The van der Waals surface area contributed by atoms with Crippen molar-refractivity contribution in [3.05, 3.63) is 35.4 Å². The summed E-state index contributed by atoms with van der Waals surface area (Å²) in [6, 6.07) is 6.35. The zero-order valence-corrected chi connectivity index (χ0v) is 13.5. The van der Waals surface area contributed by atoms with Crippen molar-refractivity contribution >= 4 is 11.9 Å². The van der Waals surface area contributed by atoms with Gasteiger partial charge in [-0.25, -0.2) is 4.79 Å². The van der Waals surface area contributed by atoms with Crippen LogP contribution in [0.2, 0.25) is 0 Å². The number of ether oxygens (including phenoxy) is 1. The number of piperidine rings is 1. The molecule has 1 N–H and O–H groups in total. The number of aryl methyl sites for hydroxylation is 1. The molecule has 1 spiro atoms. The van der Waals surface area contributed by atoms with Crippen LogP contribution in [-0.4, -0.2) is 65.3 Å². The van der Waals surface area contributed by atoms with Crippen LogP contribution in [0.15, 0.2) is 24.3 Å². The molecule has 1 atom stereocenters. The van der Waals surface area contributed by atoms with E-state index in [0.717, 1.165) is 18.7 Å². The van der Waals surface area contributed by atoms with Gasteiger partial charge in [-0.3, -0.25) is 9.69 Å². The van der Waals surface area contributed by atoms with E-state index in [-0.39, 0.29) is 12.5 Å². The molecular formula is C17H22N2O4. The molecule has 23 heavy (non-hydrogen) atoms. The first-order valence-corrected chi connectivity index (χ1v) is 7.89. The third-order valence-corrected chi connectivity index (χ3v) is 4.91. The van der Waals surface area contributed by atoms with Crippen molar-refractivity contribution in [1.82, 2.24) is 9.80 Å². The summed E-state index contributed by atoms with van der Waals surface area (Å²) in [5.41, 5.74) is 0.591. The predicted molar refractivity (Wildman–Crippen MR) is 84.2 cm³/mol. The number of hydrogen-bond acceptors (Lipinski definition) is 4. The van der Waals surface area contributed by atoms with Crippen molar-refractivity contribution in [1.29, 1.82) is 0 Å². The normalized spacial score (nSPS) is 24.1. The van der Waals surface area contributed by atoms with Crippen molar-refractivity contribution in [3.63, 3.8) is 0 Å². The Kier molecular flexibility index (Phi) is 4.12. The number of benzene rings is 1. The van der Waals surface area contributed by atoms with Crippen LogP contribution in [0, 0.1) is 6.92 Å². The largest absolute Gasteiger partial charge is 0.480 e. The summed E-state index contributed by atoms with van der Waals surface area (Å²) in [6.45, 7) is 3.48. The highest BCUT2D eigenvalue weighted by atomic mass is 16.5. The molecule has 2 aliphatic rings. The predicted octanol–water partition coefficient (Wildman–Crippen LogP) is 1.34. The fourth-order valence-electron chi connectivity index (χ4n) is 3.47. The molecule has 2 saturated heterocycles. The summed E-state index contributed by atoms with van der Waals surface area (Å²) in [5.74, 6) is -1.26. The van der Waals surface area contributed by atoms with Gasteiger partial charge in [0.1, 0.15) is 5.72 Å². The number of hydrogen-bond donors (Lipinski definition) is 1. The summed E-state index contributed by atoms with van der Waals surface area (Å²) in [7, 11) is 2.02. The fourth-order valence-corrected chi connectivity index (χ4v) is 3.47. The minimum absolute atomic E-state index is 0.0523. The minimum Gasteiger partial charge on any atom is -0.480 e. The van der Waals surface area contributed by atoms with E-state index in [1.807, 2.05) is 26.1 Å². The summed E-state index contributed by atoms with van der Waals surface area (Å²) in [4.78, 5) is 28.4. The number of aliphatic carboxylic acids is 1. The molecule has 6 nitrogen and oxygen atoms in total. The lowest BCUT2D eigenvalue weighted by Crippen LogP contribution is -2.57. The lowest BCUT2D eigenvalue weighted by Gasteiger charge is -2.43. The second-order valence-electron chi connectivity index (χ2n) is 6.40. The second-order valence-corrected chi connectivity index (χ2v) is 6.40. The molecule has 124 valence electrons. The van der Waals surface area contributed by atoms with E-state index < -0.39 is 17.7 Å². The number of nitrogens with zero attached hydrogens (tertiary/aromatic N) is 2. The van der Waals surface area contributed by atoms with E-state index in [9.17, 15) is 14.7 Å². The van der Waals surface area contributed by atoms with Gasteiger partial charge in [0, 0.05) is 31.5 Å². The molecule has 0 aromatic heterocycles. The van der Waals surface area contributed by atoms with Crippen LogP contribution >= 0.6 is 0 Å². The van der Waals surface area contributed by atoms with E-state index in [2.05, 4.69) is 4.90 Å². The summed E-state index contributed by atoms with van der Waals surface area (Å²) >= 11 is 0. The van der Waals surface area contributed by atoms with Crippen LogP contribution < -0.4 is 0 Å². The molecule has 2 heterocycles. The first kappa shape index (κ1) is 16.0. The maximum Gasteiger partial charge on any atom is 0.328 e. The third kappa shape index (κ3) is 2.72. The Labute approximate surface area is 135 Å². The molecule has 2 fully saturated rings. The standard InChI is InChI=1S/C17H22N2O4/c1-12-5-3-4-6-13(12)15(20)19-14(16(21)22)11-23-17(19)7-9-18(2)10-8-17/h3-6,14H,7-11H2,1-2H3,(H,21,22)/t14-/m0/s1. The number of carboxylic acids is 1. The minimum atomic E-state index is -1.01. The highest BCUT2D eigenvalue weighted by Gasteiger charge is 2.53. The highest BCUT2D eigenvalue weighted by Crippen LogP contribution is 2.38. The number of carboxylic acid groups (broad SMARTS) is 1. The van der Waals surface area contributed by atoms with Crippen molar-refractivity contribution in [2.24, 2.45) is 0 Å². The summed E-state index contributed by atoms with van der Waals surface area (Å²) in [5, 5.41) is 9.53. The Morgan fingerprint density at radius 2 is 1.91 bits per heavy atom. The molecule has 0 radical (unpaired) electrons. The van der Waals surface area contributed by atoms with Crippen molar-refractivity contribution < 1.29 is 19.4 Å². The average molecular weight is 318 g/mol. The Morgan fingerprint density at radius 1 is 1.26 bits per heavy atom. The van der Waals surface area contributed by atoms with Crippen molar-refractivity contribution in [2.45, 2.75) is 31.5 Å². The van der Waals surface area contributed by atoms with Crippen molar-refractivity contribution in [3.8, 4) is 0 Å². The molecule has 2 aliphatic heterocycles. The monoisotopic (exact) mass is 318 g/mol. The van der Waals surface area contributed by atoms with Gasteiger partial charge in [0.05, 0.1) is 6.61 Å². The smallest absolute Gasteiger partial charge is 0.328 e. The van der Waals surface area contributed by atoms with E-state index in [1.54, 1.807) is 12.1 Å². The third-order valence-electron chi connectivity index (χ3n) is 4.91. The van der Waals surface area contributed by atoms with Crippen LogP contribution in [0.4, 0.5) is 0 Å². The van der Waals surface area contributed by atoms with Crippen LogP contribution in [0.5, 0.6) is 0 Å². The zero-order valence-electron chi connectivity index (χ0n) is 13.5. The highest BCUT2D eigenvalue weighted by molar-refractivity contribution is 5.98. The molecule has 0 aliphatic carbocycles. The van der Waals surface area contributed by atoms with Gasteiger partial charge in [-0.15, -0.1) is 0 Å². The molecular weight excluding hydrogens is 296 g/mol. The SMILES string of the molecule is Cc1ccccc1C(=O)N1[C@H](C(=O)O)COC12CCN(C)CC2. The number of rotatable bonds is 2. The Morgan fingerprint density at radius 3 is 2.52 bits per heavy atom. The van der Waals surface area contributed by atoms with Gasteiger partial charge >= 0.3 is 5.97 Å². The van der Waals surface area contributed by atoms with Gasteiger partial charge < -0.3 is 14.7 Å². The zero-order chi connectivity index (χ0) is 16.6. The van der Waals surface area contributed by atoms with Gasteiger partial charge in [-0.1, -0.05) is 18.2 Å². The molecule has 0 bridgehead atoms. The maximum atomic E-state index is 13.1. The lowest BCUT2D eigenvalue weighted by atomic mass is 9.96. The van der Waals surface area contributed by atoms with E-state index in [0.29, 0.717) is 18.4 Å². The molecule has 0 saturated carbocycles.